The van der Waals surface area contributed by atoms with Crippen LogP contribution in [0, 0.1) is 0 Å². The lowest BCUT2D eigenvalue weighted by Crippen LogP contribution is -2.43. The van der Waals surface area contributed by atoms with E-state index < -0.39 is 28.7 Å². The fraction of sp³-hybridized carbons (Fsp3) is 0.467. The summed E-state index contributed by atoms with van der Waals surface area (Å²) in [5, 5.41) is 4.74. The first kappa shape index (κ1) is 18.5. The topological polar surface area (TPSA) is 61.4 Å². The molecule has 1 aromatic rings. The summed E-state index contributed by atoms with van der Waals surface area (Å²) in [5.74, 6) is -0.530. The van der Waals surface area contributed by atoms with Crippen LogP contribution in [0.2, 0.25) is 5.02 Å². The van der Waals surface area contributed by atoms with Gasteiger partial charge in [-0.3, -0.25) is 14.5 Å². The smallest absolute Gasteiger partial charge is 0.355 e. The minimum Gasteiger partial charge on any atom is -0.355 e. The van der Waals surface area contributed by atoms with Gasteiger partial charge in [0, 0.05) is 31.7 Å². The van der Waals surface area contributed by atoms with Gasteiger partial charge in [-0.2, -0.15) is 13.2 Å². The average Bonchev–Trinajstić information content (AvgIpc) is 2.72. The molecule has 5 nitrogen and oxygen atoms in total. The molecular weight excluding hydrogens is 347 g/mol. The Morgan fingerprint density at radius 1 is 1.38 bits per heavy atom. The summed E-state index contributed by atoms with van der Waals surface area (Å²) in [5.41, 5.74) is -0.980. The Kier molecular flexibility index (Phi) is 5.71. The van der Waals surface area contributed by atoms with Crippen LogP contribution in [0.1, 0.15) is 18.9 Å². The zero-order chi connectivity index (χ0) is 17.9. The minimum atomic E-state index is -4.60. The summed E-state index contributed by atoms with van der Waals surface area (Å²) >= 11 is 5.55. The fourth-order valence-electron chi connectivity index (χ4n) is 2.40. The van der Waals surface area contributed by atoms with Gasteiger partial charge >= 0.3 is 6.18 Å². The predicted molar refractivity (Wildman–Crippen MR) is 83.7 cm³/mol. The molecule has 1 saturated heterocycles. The molecule has 1 aromatic carbocycles. The fourth-order valence-corrected chi connectivity index (χ4v) is 2.63. The highest BCUT2D eigenvalue weighted by Gasteiger charge is 2.33. The van der Waals surface area contributed by atoms with Crippen LogP contribution in [-0.2, 0) is 15.8 Å². The SMILES string of the molecule is CC(C(=O)Nc1ccc(Cl)c(C(F)(F)F)c1)N1CCNC(=O)CC1. The Morgan fingerprint density at radius 2 is 2.08 bits per heavy atom. The lowest BCUT2D eigenvalue weighted by molar-refractivity contribution is -0.137. The third-order valence-corrected chi connectivity index (χ3v) is 4.14. The summed E-state index contributed by atoms with van der Waals surface area (Å²) in [6.45, 7) is 2.98. The van der Waals surface area contributed by atoms with Crippen molar-refractivity contribution in [3.63, 3.8) is 0 Å². The zero-order valence-corrected chi connectivity index (χ0v) is 13.7. The van der Waals surface area contributed by atoms with Crippen molar-refractivity contribution in [1.29, 1.82) is 0 Å². The van der Waals surface area contributed by atoms with Gasteiger partial charge in [-0.1, -0.05) is 11.6 Å². The number of hydrogen-bond acceptors (Lipinski definition) is 3. The van der Waals surface area contributed by atoms with Crippen molar-refractivity contribution in [2.24, 2.45) is 0 Å². The molecule has 132 valence electrons. The van der Waals surface area contributed by atoms with Crippen LogP contribution in [0.15, 0.2) is 18.2 Å². The van der Waals surface area contributed by atoms with Gasteiger partial charge in [0.25, 0.3) is 0 Å². The lowest BCUT2D eigenvalue weighted by atomic mass is 10.1. The van der Waals surface area contributed by atoms with Gasteiger partial charge in [-0.15, -0.1) is 0 Å². The number of nitrogens with one attached hydrogen (secondary N) is 2. The molecule has 1 atom stereocenters. The van der Waals surface area contributed by atoms with Gasteiger partial charge in [0.1, 0.15) is 0 Å². The van der Waals surface area contributed by atoms with Crippen LogP contribution in [-0.4, -0.2) is 42.4 Å². The molecule has 1 aliphatic heterocycles. The second-order valence-corrected chi connectivity index (χ2v) is 5.90. The van der Waals surface area contributed by atoms with Gasteiger partial charge < -0.3 is 10.6 Å². The van der Waals surface area contributed by atoms with E-state index in [1.54, 1.807) is 11.8 Å². The van der Waals surface area contributed by atoms with E-state index in [1.807, 2.05) is 0 Å². The predicted octanol–water partition coefficient (Wildman–Crippen LogP) is 2.51. The van der Waals surface area contributed by atoms with Crippen molar-refractivity contribution in [2.75, 3.05) is 25.0 Å². The Morgan fingerprint density at radius 3 is 2.75 bits per heavy atom. The summed E-state index contributed by atoms with van der Waals surface area (Å²) in [7, 11) is 0. The highest BCUT2D eigenvalue weighted by Crippen LogP contribution is 2.36. The van der Waals surface area contributed by atoms with Crippen molar-refractivity contribution in [3.05, 3.63) is 28.8 Å². The third-order valence-electron chi connectivity index (χ3n) is 3.81. The number of rotatable bonds is 3. The Bertz CT molecular complexity index is 637. The molecule has 2 amide bonds. The third kappa shape index (κ3) is 4.61. The molecule has 9 heteroatoms. The molecule has 0 aliphatic carbocycles. The number of benzene rings is 1. The van der Waals surface area contributed by atoms with Crippen LogP contribution in [0.3, 0.4) is 0 Å². The second-order valence-electron chi connectivity index (χ2n) is 5.49. The monoisotopic (exact) mass is 363 g/mol. The number of halogens is 4. The highest BCUT2D eigenvalue weighted by atomic mass is 35.5. The number of anilines is 1. The van der Waals surface area contributed by atoms with E-state index in [1.165, 1.54) is 6.07 Å². The molecule has 2 N–H and O–H groups in total. The van der Waals surface area contributed by atoms with Crippen LogP contribution < -0.4 is 10.6 Å². The number of carbonyl (C=O) groups is 2. The van der Waals surface area contributed by atoms with Gasteiger partial charge in [-0.25, -0.2) is 0 Å². The molecule has 2 rings (SSSR count). The molecule has 0 aromatic heterocycles. The van der Waals surface area contributed by atoms with Gasteiger partial charge in [0.15, 0.2) is 0 Å². The van der Waals surface area contributed by atoms with Crippen molar-refractivity contribution in [3.8, 4) is 0 Å². The Labute approximate surface area is 142 Å². The van der Waals surface area contributed by atoms with Crippen molar-refractivity contribution in [2.45, 2.75) is 25.6 Å². The molecule has 24 heavy (non-hydrogen) atoms. The van der Waals surface area contributed by atoms with Gasteiger partial charge in [0.2, 0.25) is 11.8 Å². The largest absolute Gasteiger partial charge is 0.417 e. The first-order valence-corrected chi connectivity index (χ1v) is 7.74. The average molecular weight is 364 g/mol. The molecular formula is C15H17ClF3N3O2. The van der Waals surface area contributed by atoms with Crippen LogP contribution in [0.5, 0.6) is 0 Å². The summed E-state index contributed by atoms with van der Waals surface area (Å²) in [4.78, 5) is 25.4. The molecule has 0 bridgehead atoms. The summed E-state index contributed by atoms with van der Waals surface area (Å²) in [6, 6.07) is 2.64. The first-order chi connectivity index (χ1) is 11.2. The quantitative estimate of drug-likeness (QED) is 0.867. The minimum absolute atomic E-state index is 0.0209. The molecule has 1 heterocycles. The van der Waals surface area contributed by atoms with Crippen LogP contribution in [0.25, 0.3) is 0 Å². The Hall–Kier alpha value is -1.80. The molecule has 1 fully saturated rings. The molecule has 0 saturated carbocycles. The van der Waals surface area contributed by atoms with E-state index in [2.05, 4.69) is 10.6 Å². The number of amides is 2. The normalized spacial score (nSPS) is 17.8. The van der Waals surface area contributed by atoms with E-state index in [4.69, 9.17) is 11.6 Å². The van der Waals surface area contributed by atoms with Crippen LogP contribution >= 0.6 is 11.6 Å². The Balaban J connectivity index is 2.07. The van der Waals surface area contributed by atoms with Gasteiger partial charge in [-0.05, 0) is 25.1 Å². The number of hydrogen-bond donors (Lipinski definition) is 2. The summed E-state index contributed by atoms with van der Waals surface area (Å²) < 4.78 is 38.6. The number of carbonyl (C=O) groups excluding carboxylic acids is 2. The van der Waals surface area contributed by atoms with Crippen LogP contribution in [0.4, 0.5) is 18.9 Å². The first-order valence-electron chi connectivity index (χ1n) is 7.37. The molecule has 1 aliphatic rings. The van der Waals surface area contributed by atoms with Crippen molar-refractivity contribution in [1.82, 2.24) is 10.2 Å². The standard InChI is InChI=1S/C15H17ClF3N3O2/c1-9(22-6-4-13(23)20-5-7-22)14(24)21-10-2-3-12(16)11(8-10)15(17,18)19/h2-3,8-9H,4-7H2,1H3,(H,20,23)(H,21,24). The van der Waals surface area contributed by atoms with Gasteiger partial charge in [0.05, 0.1) is 16.6 Å². The summed E-state index contributed by atoms with van der Waals surface area (Å²) in [6.07, 6.45) is -4.32. The van der Waals surface area contributed by atoms with E-state index in [0.717, 1.165) is 12.1 Å². The van der Waals surface area contributed by atoms with E-state index in [-0.39, 0.29) is 18.0 Å². The van der Waals surface area contributed by atoms with E-state index >= 15 is 0 Å². The maximum atomic E-state index is 12.9. The molecule has 0 radical (unpaired) electrons. The van der Waals surface area contributed by atoms with Crippen molar-refractivity contribution >= 4 is 29.1 Å². The van der Waals surface area contributed by atoms with Crippen molar-refractivity contribution < 1.29 is 22.8 Å². The molecule has 0 spiro atoms. The second kappa shape index (κ2) is 7.40. The van der Waals surface area contributed by atoms with E-state index in [0.29, 0.717) is 19.6 Å². The number of alkyl halides is 3. The number of nitrogens with zero attached hydrogens (tertiary/aromatic N) is 1. The maximum Gasteiger partial charge on any atom is 0.417 e. The maximum absolute atomic E-state index is 12.9. The van der Waals surface area contributed by atoms with E-state index in [9.17, 15) is 22.8 Å². The lowest BCUT2D eigenvalue weighted by Gasteiger charge is -2.26. The zero-order valence-electron chi connectivity index (χ0n) is 12.9. The molecule has 1 unspecified atom stereocenters. The highest BCUT2D eigenvalue weighted by molar-refractivity contribution is 6.31.